The van der Waals surface area contributed by atoms with Gasteiger partial charge in [0, 0.05) is 19.5 Å². The normalized spacial score (nSPS) is 23.0. The number of carbonyl (C=O) groups is 2. The highest BCUT2D eigenvalue weighted by Gasteiger charge is 2.39. The van der Waals surface area contributed by atoms with Crippen molar-refractivity contribution in [2.75, 3.05) is 18.0 Å². The Labute approximate surface area is 123 Å². The molecule has 1 aromatic carbocycles. The van der Waals surface area contributed by atoms with Crippen molar-refractivity contribution in [3.05, 3.63) is 29.6 Å². The zero-order valence-corrected chi connectivity index (χ0v) is 12.1. The van der Waals surface area contributed by atoms with Gasteiger partial charge in [0.15, 0.2) is 0 Å². The first-order valence-electron chi connectivity index (χ1n) is 7.45. The van der Waals surface area contributed by atoms with E-state index in [9.17, 15) is 14.0 Å². The second-order valence-corrected chi connectivity index (χ2v) is 5.74. The predicted molar refractivity (Wildman–Crippen MR) is 77.5 cm³/mol. The third-order valence-corrected chi connectivity index (χ3v) is 4.38. The lowest BCUT2D eigenvalue weighted by atomic mass is 10.0. The summed E-state index contributed by atoms with van der Waals surface area (Å²) in [4.78, 5) is 28.1. The fourth-order valence-corrected chi connectivity index (χ4v) is 3.31. The van der Waals surface area contributed by atoms with Gasteiger partial charge in [-0.2, -0.15) is 0 Å². The highest BCUT2D eigenvalue weighted by molar-refractivity contribution is 6.01. The number of halogens is 1. The maximum atomic E-state index is 14.2. The van der Waals surface area contributed by atoms with Gasteiger partial charge in [0.2, 0.25) is 11.8 Å². The topological polar surface area (TPSA) is 40.6 Å². The summed E-state index contributed by atoms with van der Waals surface area (Å²) >= 11 is 0. The van der Waals surface area contributed by atoms with Crippen LogP contribution in [0.4, 0.5) is 10.1 Å². The van der Waals surface area contributed by atoms with Crippen LogP contribution in [0, 0.1) is 12.7 Å². The molecule has 2 heterocycles. The van der Waals surface area contributed by atoms with Crippen LogP contribution in [0.15, 0.2) is 18.2 Å². The molecule has 21 heavy (non-hydrogen) atoms. The molecule has 0 aromatic heterocycles. The van der Waals surface area contributed by atoms with Gasteiger partial charge in [0.25, 0.3) is 0 Å². The van der Waals surface area contributed by atoms with Crippen molar-refractivity contribution in [3.63, 3.8) is 0 Å². The molecule has 2 aliphatic rings. The Morgan fingerprint density at radius 1 is 1.19 bits per heavy atom. The third kappa shape index (κ3) is 2.41. The van der Waals surface area contributed by atoms with Gasteiger partial charge in [-0.25, -0.2) is 4.39 Å². The second kappa shape index (κ2) is 5.47. The second-order valence-electron chi connectivity index (χ2n) is 5.74. The molecule has 4 nitrogen and oxygen atoms in total. The fraction of sp³-hybridized carbons (Fsp3) is 0.500. The van der Waals surface area contributed by atoms with Crippen LogP contribution < -0.4 is 4.90 Å². The van der Waals surface area contributed by atoms with E-state index < -0.39 is 11.9 Å². The first-order chi connectivity index (χ1) is 10.1. The summed E-state index contributed by atoms with van der Waals surface area (Å²) in [6, 6.07) is 4.36. The summed E-state index contributed by atoms with van der Waals surface area (Å²) in [5, 5.41) is 0. The standard InChI is InChI=1S/C16H19FN2O2/c1-11-5-4-6-12(17)15(11)19-10-8-14(20)18-9-3-2-7-13(18)16(19)21/h4-6,13H,2-3,7-10H2,1H3. The number of nitrogens with zero attached hydrogens (tertiary/aromatic N) is 2. The van der Waals surface area contributed by atoms with Crippen LogP contribution in [0.3, 0.4) is 0 Å². The molecule has 0 radical (unpaired) electrons. The van der Waals surface area contributed by atoms with Gasteiger partial charge in [-0.1, -0.05) is 12.1 Å². The van der Waals surface area contributed by atoms with Crippen molar-refractivity contribution in [1.82, 2.24) is 4.90 Å². The lowest BCUT2D eigenvalue weighted by Crippen LogP contribution is -2.50. The number of carbonyl (C=O) groups excluding carboxylic acids is 2. The highest BCUT2D eigenvalue weighted by atomic mass is 19.1. The van der Waals surface area contributed by atoms with Gasteiger partial charge in [0.1, 0.15) is 11.9 Å². The first-order valence-corrected chi connectivity index (χ1v) is 7.45. The molecule has 1 aromatic rings. The molecule has 0 saturated carbocycles. The van der Waals surface area contributed by atoms with Gasteiger partial charge in [-0.05, 0) is 37.8 Å². The smallest absolute Gasteiger partial charge is 0.249 e. The molecular formula is C16H19FN2O2. The number of aryl methyl sites for hydroxylation is 1. The number of amides is 2. The number of fused-ring (bicyclic) bond motifs is 1. The molecule has 1 unspecified atom stereocenters. The van der Waals surface area contributed by atoms with Crippen LogP contribution in [0.1, 0.15) is 31.2 Å². The number of benzene rings is 1. The van der Waals surface area contributed by atoms with Crippen molar-refractivity contribution in [2.45, 2.75) is 38.6 Å². The average Bonchev–Trinajstić information content (AvgIpc) is 2.60. The number of piperidine rings is 1. The lowest BCUT2D eigenvalue weighted by molar-refractivity contribution is -0.139. The SMILES string of the molecule is Cc1cccc(F)c1N1CCC(=O)N2CCCCC2C1=O. The molecule has 0 spiro atoms. The average molecular weight is 290 g/mol. The van der Waals surface area contributed by atoms with Crippen molar-refractivity contribution in [2.24, 2.45) is 0 Å². The minimum absolute atomic E-state index is 0.00421. The molecular weight excluding hydrogens is 271 g/mol. The summed E-state index contributed by atoms with van der Waals surface area (Å²) in [7, 11) is 0. The van der Waals surface area contributed by atoms with Gasteiger partial charge < -0.3 is 9.80 Å². The first kappa shape index (κ1) is 14.0. The van der Waals surface area contributed by atoms with E-state index >= 15 is 0 Å². The van der Waals surface area contributed by atoms with Crippen molar-refractivity contribution < 1.29 is 14.0 Å². The van der Waals surface area contributed by atoms with E-state index in [0.29, 0.717) is 18.7 Å². The summed E-state index contributed by atoms with van der Waals surface area (Å²) in [6.07, 6.45) is 2.81. The Balaban J connectivity index is 2.00. The largest absolute Gasteiger partial charge is 0.331 e. The van der Waals surface area contributed by atoms with Gasteiger partial charge >= 0.3 is 0 Å². The van der Waals surface area contributed by atoms with Crippen LogP contribution in [-0.4, -0.2) is 35.8 Å². The van der Waals surface area contributed by atoms with Crippen LogP contribution in [0.2, 0.25) is 0 Å². The minimum atomic E-state index is -0.423. The molecule has 2 fully saturated rings. The van der Waals surface area contributed by atoms with E-state index in [-0.39, 0.29) is 24.8 Å². The van der Waals surface area contributed by atoms with Gasteiger partial charge in [-0.15, -0.1) is 0 Å². The fourth-order valence-electron chi connectivity index (χ4n) is 3.31. The van der Waals surface area contributed by atoms with Crippen LogP contribution in [0.25, 0.3) is 0 Å². The molecule has 0 bridgehead atoms. The molecule has 1 atom stereocenters. The van der Waals surface area contributed by atoms with E-state index in [4.69, 9.17) is 0 Å². The molecule has 112 valence electrons. The lowest BCUT2D eigenvalue weighted by Gasteiger charge is -2.34. The Hall–Kier alpha value is -1.91. The Bertz CT molecular complexity index is 567. The highest BCUT2D eigenvalue weighted by Crippen LogP contribution is 2.30. The molecule has 2 saturated heterocycles. The zero-order valence-electron chi connectivity index (χ0n) is 12.1. The molecule has 5 heteroatoms. The number of hydrogen-bond donors (Lipinski definition) is 0. The summed E-state index contributed by atoms with van der Waals surface area (Å²) in [6.45, 7) is 2.68. The van der Waals surface area contributed by atoms with Crippen LogP contribution in [-0.2, 0) is 9.59 Å². The third-order valence-electron chi connectivity index (χ3n) is 4.38. The van der Waals surface area contributed by atoms with E-state index in [1.807, 2.05) is 0 Å². The number of anilines is 1. The molecule has 0 N–H and O–H groups in total. The Morgan fingerprint density at radius 3 is 2.76 bits per heavy atom. The zero-order chi connectivity index (χ0) is 15.0. The number of hydrogen-bond acceptors (Lipinski definition) is 2. The van der Waals surface area contributed by atoms with Crippen LogP contribution in [0.5, 0.6) is 0 Å². The van der Waals surface area contributed by atoms with Crippen molar-refractivity contribution in [3.8, 4) is 0 Å². The van der Waals surface area contributed by atoms with Gasteiger partial charge in [0.05, 0.1) is 5.69 Å². The van der Waals surface area contributed by atoms with E-state index in [1.54, 1.807) is 24.0 Å². The monoisotopic (exact) mass is 290 g/mol. The Morgan fingerprint density at radius 2 is 2.00 bits per heavy atom. The predicted octanol–water partition coefficient (Wildman–Crippen LogP) is 2.25. The minimum Gasteiger partial charge on any atom is -0.331 e. The summed E-state index contributed by atoms with van der Waals surface area (Å²) < 4.78 is 14.2. The van der Waals surface area contributed by atoms with Gasteiger partial charge in [-0.3, -0.25) is 9.59 Å². The molecule has 0 aliphatic carbocycles. The number of para-hydroxylation sites is 1. The van der Waals surface area contributed by atoms with Crippen LogP contribution >= 0.6 is 0 Å². The van der Waals surface area contributed by atoms with E-state index in [0.717, 1.165) is 18.4 Å². The van der Waals surface area contributed by atoms with E-state index in [2.05, 4.69) is 0 Å². The quantitative estimate of drug-likeness (QED) is 0.796. The maximum Gasteiger partial charge on any atom is 0.249 e. The summed E-state index contributed by atoms with van der Waals surface area (Å²) in [5.74, 6) is -0.543. The number of rotatable bonds is 1. The van der Waals surface area contributed by atoms with Crippen molar-refractivity contribution >= 4 is 17.5 Å². The van der Waals surface area contributed by atoms with E-state index in [1.165, 1.54) is 11.0 Å². The molecule has 3 rings (SSSR count). The summed E-state index contributed by atoms with van der Waals surface area (Å²) in [5.41, 5.74) is 1.04. The molecule has 2 amide bonds. The maximum absolute atomic E-state index is 14.2. The molecule has 2 aliphatic heterocycles. The van der Waals surface area contributed by atoms with Crippen molar-refractivity contribution in [1.29, 1.82) is 0 Å². The Kier molecular flexibility index (Phi) is 3.66.